The zero-order chi connectivity index (χ0) is 33.6. The number of hydrogen-bond donors (Lipinski definition) is 0. The van der Waals surface area contributed by atoms with Gasteiger partial charge >= 0.3 is 0 Å². The van der Waals surface area contributed by atoms with Gasteiger partial charge in [-0.1, -0.05) is 78.9 Å². The third-order valence-corrected chi connectivity index (χ3v) is 10.1. The third-order valence-electron chi connectivity index (χ3n) is 10.1. The number of fused-ring (bicyclic) bond motifs is 2. The maximum atomic E-state index is 14.4. The summed E-state index contributed by atoms with van der Waals surface area (Å²) in [6.45, 7) is 12.3. The van der Waals surface area contributed by atoms with Crippen molar-refractivity contribution in [3.63, 3.8) is 0 Å². The summed E-state index contributed by atoms with van der Waals surface area (Å²) in [4.78, 5) is 16.7. The summed E-state index contributed by atoms with van der Waals surface area (Å²) in [5.74, 6) is 0.516. The zero-order valence-corrected chi connectivity index (χ0v) is 28.5. The molecule has 0 atom stereocenters. The maximum absolute atomic E-state index is 14.4. The van der Waals surface area contributed by atoms with Crippen LogP contribution in [0.2, 0.25) is 0 Å². The molecule has 0 N–H and O–H groups in total. The van der Waals surface area contributed by atoms with E-state index in [2.05, 4.69) is 122 Å². The van der Waals surface area contributed by atoms with Crippen molar-refractivity contribution >= 4 is 60.6 Å². The van der Waals surface area contributed by atoms with E-state index in [-0.39, 0.29) is 5.91 Å². The lowest BCUT2D eigenvalue weighted by atomic mass is 9.90. The Morgan fingerprint density at radius 3 is 2.12 bits per heavy atom. The van der Waals surface area contributed by atoms with Gasteiger partial charge in [-0.15, -0.1) is 5.69 Å². The normalized spacial score (nSPS) is 11.7. The Morgan fingerprint density at radius 2 is 1.37 bits per heavy atom. The van der Waals surface area contributed by atoms with Crippen molar-refractivity contribution in [2.45, 2.75) is 27.7 Å². The Kier molecular flexibility index (Phi) is 7.76. The van der Waals surface area contributed by atoms with E-state index in [0.717, 1.165) is 86.8 Å². The summed E-state index contributed by atoms with van der Waals surface area (Å²) < 4.78 is 9.02. The molecule has 0 radical (unpaired) electrons. The summed E-state index contributed by atoms with van der Waals surface area (Å²) in [6.07, 6.45) is 0. The summed E-state index contributed by atoms with van der Waals surface area (Å²) in [5.41, 5.74) is 5.91. The predicted molar refractivity (Wildman–Crippen MR) is 206 cm³/mol. The highest BCUT2D eigenvalue weighted by Gasteiger charge is 2.22. The average molecular weight is 642 g/mol. The summed E-state index contributed by atoms with van der Waals surface area (Å²) in [7, 11) is 0. The number of nitrogens with zero attached hydrogens (tertiary/aromatic N) is 3. The molecule has 6 aromatic rings. The first-order chi connectivity index (χ1) is 24.0. The molecule has 1 heterocycles. The Morgan fingerprint density at radius 1 is 0.673 bits per heavy atom. The number of carbonyl (C=O) groups is 1. The van der Waals surface area contributed by atoms with Crippen molar-refractivity contribution < 1.29 is 9.21 Å². The van der Waals surface area contributed by atoms with Gasteiger partial charge in [-0.2, -0.15) is 0 Å². The van der Waals surface area contributed by atoms with Gasteiger partial charge < -0.3 is 19.4 Å². The molecule has 1 aliphatic carbocycles. The second-order valence-electron chi connectivity index (χ2n) is 12.6. The lowest BCUT2D eigenvalue weighted by molar-refractivity contribution is 0.104. The molecule has 242 valence electrons. The van der Waals surface area contributed by atoms with Gasteiger partial charge in [-0.3, -0.25) is 0 Å². The molecule has 0 aromatic heterocycles. The highest BCUT2D eigenvalue weighted by atomic mass is 16.3. The van der Waals surface area contributed by atoms with E-state index in [0.29, 0.717) is 11.3 Å². The average Bonchev–Trinajstić information content (AvgIpc) is 3.14. The third kappa shape index (κ3) is 5.08. The van der Waals surface area contributed by atoms with Crippen LogP contribution in [0.4, 0.5) is 11.4 Å². The minimum atomic E-state index is -0.271. The summed E-state index contributed by atoms with van der Waals surface area (Å²) >= 11 is 0. The predicted octanol–water partition coefficient (Wildman–Crippen LogP) is 10.6. The smallest absolute Gasteiger partial charge is 0.203 e. The maximum Gasteiger partial charge on any atom is 0.203 e. The van der Waals surface area contributed by atoms with Gasteiger partial charge in [0.05, 0.1) is 12.0 Å². The van der Waals surface area contributed by atoms with Gasteiger partial charge in [0.1, 0.15) is 24.4 Å². The van der Waals surface area contributed by atoms with E-state index < -0.39 is 0 Å². The molecule has 2 aliphatic rings. The number of amides is 1. The summed E-state index contributed by atoms with van der Waals surface area (Å²) in [5, 5.41) is 13.7. The minimum Gasteiger partial charge on any atom is -0.622 e. The topological polar surface area (TPSA) is 50.6 Å². The molecular formula is C44H39N3O2. The van der Waals surface area contributed by atoms with E-state index in [1.807, 2.05) is 30.3 Å². The molecule has 0 bridgehead atoms. The first-order valence-corrected chi connectivity index (χ1v) is 17.4. The van der Waals surface area contributed by atoms with Crippen LogP contribution in [-0.4, -0.2) is 32.1 Å². The molecule has 0 spiro atoms. The van der Waals surface area contributed by atoms with Crippen LogP contribution in [0.1, 0.15) is 38.1 Å². The van der Waals surface area contributed by atoms with Crippen LogP contribution < -0.4 is 14.8 Å². The minimum absolute atomic E-state index is 0.271. The van der Waals surface area contributed by atoms with Crippen LogP contribution in [0, 0.1) is 0 Å². The highest BCUT2D eigenvalue weighted by molar-refractivity contribution is 6.27. The van der Waals surface area contributed by atoms with E-state index in [4.69, 9.17) is 9.73 Å². The lowest BCUT2D eigenvalue weighted by Gasteiger charge is -2.26. The number of benzene rings is 7. The van der Waals surface area contributed by atoms with Crippen LogP contribution in [0.15, 0.2) is 120 Å². The second-order valence-corrected chi connectivity index (χ2v) is 12.6. The van der Waals surface area contributed by atoms with Gasteiger partial charge in [0.25, 0.3) is 0 Å². The molecule has 0 saturated heterocycles. The Bertz CT molecular complexity index is 2540. The van der Waals surface area contributed by atoms with Crippen LogP contribution in [-0.2, 0) is 0 Å². The molecular weight excluding hydrogens is 603 g/mol. The van der Waals surface area contributed by atoms with E-state index in [9.17, 15) is 4.79 Å². The molecule has 49 heavy (non-hydrogen) atoms. The van der Waals surface area contributed by atoms with Crippen molar-refractivity contribution in [3.8, 4) is 22.5 Å². The van der Waals surface area contributed by atoms with Crippen molar-refractivity contribution in [2.75, 3.05) is 31.1 Å². The fourth-order valence-corrected chi connectivity index (χ4v) is 7.60. The monoisotopic (exact) mass is 641 g/mol. The van der Waals surface area contributed by atoms with Crippen LogP contribution in [0.25, 0.3) is 71.1 Å². The van der Waals surface area contributed by atoms with E-state index in [1.165, 1.54) is 16.2 Å². The largest absolute Gasteiger partial charge is 0.622 e. The first kappa shape index (κ1) is 30.6. The van der Waals surface area contributed by atoms with Crippen LogP contribution in [0.5, 0.6) is 0 Å². The number of anilines is 1. The van der Waals surface area contributed by atoms with Gasteiger partial charge in [-0.25, -0.2) is 4.58 Å². The number of hydrogen-bond acceptors (Lipinski definition) is 3. The quantitative estimate of drug-likeness (QED) is 0.0942. The summed E-state index contributed by atoms with van der Waals surface area (Å²) in [6, 6.07) is 39.7. The van der Waals surface area contributed by atoms with Gasteiger partial charge in [0.2, 0.25) is 5.36 Å². The van der Waals surface area contributed by atoms with Crippen molar-refractivity contribution in [3.05, 3.63) is 131 Å². The van der Waals surface area contributed by atoms with Crippen molar-refractivity contribution in [1.82, 2.24) is 4.58 Å². The first-order valence-electron chi connectivity index (χ1n) is 17.4. The van der Waals surface area contributed by atoms with Gasteiger partial charge in [0, 0.05) is 53.0 Å². The SMILES string of the molecule is CCN(CC)c1ccc2c(-c3ccccc3C(=O)[N-]c3ccc4ccc5cccc6ccc3c4c56)c3ccc(=[N+](CC)CC)cc-3oc2c1. The molecule has 6 aromatic carbocycles. The standard InChI is InChI=1S/C44H39N3O2/c1-5-46(6-2)31-20-23-36-39(26-31)49-40-27-32(47(7-3)8-4)21-24-37(40)43(36)33-14-9-10-15-34(33)44(48)45-38-25-19-30-17-16-28-12-11-13-29-18-22-35(38)42(30)41(28)29/h9-27H,5-8H2,1-4H3. The highest BCUT2D eigenvalue weighted by Crippen LogP contribution is 2.44. The molecule has 5 nitrogen and oxygen atoms in total. The Labute approximate surface area is 286 Å². The van der Waals surface area contributed by atoms with Crippen LogP contribution >= 0.6 is 0 Å². The van der Waals surface area contributed by atoms with Gasteiger partial charge in [-0.05, 0) is 83.8 Å². The molecule has 0 unspecified atom stereocenters. The van der Waals surface area contributed by atoms with Crippen molar-refractivity contribution in [1.29, 1.82) is 0 Å². The van der Waals surface area contributed by atoms with E-state index in [1.54, 1.807) is 0 Å². The fraction of sp³-hybridized carbons (Fsp3) is 0.182. The Balaban J connectivity index is 1.31. The van der Waals surface area contributed by atoms with Crippen LogP contribution in [0.3, 0.4) is 0 Å². The molecule has 1 amide bonds. The number of carbonyl (C=O) groups excluding carboxylic acids is 1. The molecule has 1 aliphatic heterocycles. The molecule has 0 saturated carbocycles. The molecule has 8 rings (SSSR count). The fourth-order valence-electron chi connectivity index (χ4n) is 7.60. The lowest BCUT2D eigenvalue weighted by Crippen LogP contribution is -2.29. The van der Waals surface area contributed by atoms with E-state index >= 15 is 0 Å². The number of rotatable bonds is 8. The second kappa shape index (κ2) is 12.4. The zero-order valence-electron chi connectivity index (χ0n) is 28.5. The Hall–Kier alpha value is -5.68. The molecule has 0 fully saturated rings. The van der Waals surface area contributed by atoms with Crippen molar-refractivity contribution in [2.24, 2.45) is 0 Å². The molecule has 5 heteroatoms. The van der Waals surface area contributed by atoms with Gasteiger partial charge in [0.15, 0.2) is 0 Å².